The fraction of sp³-hybridized carbons (Fsp3) is 0.200. The Hall–Kier alpha value is -3.30. The molecule has 1 aliphatic rings. The number of halogens is 1. The highest BCUT2D eigenvalue weighted by atomic mass is 79.9. The van der Waals surface area contributed by atoms with Gasteiger partial charge in [-0.1, -0.05) is 57.6 Å². The van der Waals surface area contributed by atoms with E-state index in [1.54, 1.807) is 38.1 Å². The van der Waals surface area contributed by atoms with Gasteiger partial charge in [0.05, 0.1) is 28.5 Å². The number of fused-ring (bicyclic) bond motifs is 1. The van der Waals surface area contributed by atoms with Gasteiger partial charge in [0.1, 0.15) is 5.75 Å². The second-order valence-electron chi connectivity index (χ2n) is 7.49. The van der Waals surface area contributed by atoms with Crippen molar-refractivity contribution in [3.05, 3.63) is 95.1 Å². The molecule has 0 saturated carbocycles. The molecule has 0 unspecified atom stereocenters. The van der Waals surface area contributed by atoms with Gasteiger partial charge in [-0.25, -0.2) is 9.79 Å². The molecule has 7 nitrogen and oxygen atoms in total. The van der Waals surface area contributed by atoms with Crippen LogP contribution in [0, 0.1) is 0 Å². The van der Waals surface area contributed by atoms with E-state index >= 15 is 0 Å². The standard InChI is InChI=1S/C25H21BrN2O5S/c1-4-32-24(31)21-14(2)27-25-28(22(21)16-8-6-5-7-9-16)23(30)20(34-25)13-17-12-18(26)10-11-19(17)33-15(3)29/h5-13,22H,4H2,1-3H3/b20-13+/t22-/m1/s1. The maximum absolute atomic E-state index is 13.6. The van der Waals surface area contributed by atoms with E-state index in [9.17, 15) is 14.4 Å². The lowest BCUT2D eigenvalue weighted by molar-refractivity contribution is -0.139. The SMILES string of the molecule is CCOC(=O)C1=C(C)N=c2s/c(=C/c3cc(Br)ccc3OC(C)=O)c(=O)n2[C@@H]1c1ccccc1. The minimum absolute atomic E-state index is 0.212. The van der Waals surface area contributed by atoms with Crippen LogP contribution in [0.15, 0.2) is 74.1 Å². The molecule has 0 saturated heterocycles. The summed E-state index contributed by atoms with van der Waals surface area (Å²) < 4.78 is 13.3. The van der Waals surface area contributed by atoms with Crippen LogP contribution in [0.1, 0.15) is 37.9 Å². The second kappa shape index (κ2) is 9.90. The highest BCUT2D eigenvalue weighted by Gasteiger charge is 2.33. The number of thiazole rings is 1. The molecule has 2 aromatic carbocycles. The summed E-state index contributed by atoms with van der Waals surface area (Å²) in [7, 11) is 0. The maximum Gasteiger partial charge on any atom is 0.338 e. The first kappa shape index (κ1) is 23.8. The third-order valence-electron chi connectivity index (χ3n) is 5.14. The lowest BCUT2D eigenvalue weighted by Gasteiger charge is -2.24. The van der Waals surface area contributed by atoms with Crippen molar-refractivity contribution in [2.75, 3.05) is 6.61 Å². The van der Waals surface area contributed by atoms with E-state index in [4.69, 9.17) is 9.47 Å². The lowest BCUT2D eigenvalue weighted by Crippen LogP contribution is -2.39. The molecular weight excluding hydrogens is 520 g/mol. The first-order valence-electron chi connectivity index (χ1n) is 10.5. The number of allylic oxidation sites excluding steroid dienone is 1. The van der Waals surface area contributed by atoms with Crippen LogP contribution < -0.4 is 19.6 Å². The molecule has 1 atom stereocenters. The normalized spacial score (nSPS) is 15.5. The fourth-order valence-electron chi connectivity index (χ4n) is 3.76. The molecule has 174 valence electrons. The predicted molar refractivity (Wildman–Crippen MR) is 132 cm³/mol. The van der Waals surface area contributed by atoms with Gasteiger partial charge < -0.3 is 9.47 Å². The monoisotopic (exact) mass is 540 g/mol. The van der Waals surface area contributed by atoms with Gasteiger partial charge in [-0.3, -0.25) is 14.2 Å². The van der Waals surface area contributed by atoms with E-state index in [1.165, 1.54) is 22.8 Å². The Kier molecular flexibility index (Phi) is 6.95. The van der Waals surface area contributed by atoms with Gasteiger partial charge in [-0.15, -0.1) is 0 Å². The molecule has 9 heteroatoms. The number of aromatic nitrogens is 1. The molecule has 2 heterocycles. The van der Waals surface area contributed by atoms with Crippen LogP contribution in [0.2, 0.25) is 0 Å². The van der Waals surface area contributed by atoms with Crippen molar-refractivity contribution < 1.29 is 19.1 Å². The first-order chi connectivity index (χ1) is 16.3. The molecule has 0 bridgehead atoms. The van der Waals surface area contributed by atoms with Crippen molar-refractivity contribution >= 4 is 45.3 Å². The number of esters is 2. The van der Waals surface area contributed by atoms with Gasteiger partial charge in [0, 0.05) is 17.0 Å². The minimum atomic E-state index is -0.672. The van der Waals surface area contributed by atoms with Gasteiger partial charge in [0.25, 0.3) is 5.56 Å². The first-order valence-corrected chi connectivity index (χ1v) is 12.1. The van der Waals surface area contributed by atoms with Gasteiger partial charge in [0.2, 0.25) is 0 Å². The van der Waals surface area contributed by atoms with E-state index in [1.807, 2.05) is 30.3 Å². The maximum atomic E-state index is 13.6. The van der Waals surface area contributed by atoms with Crippen molar-refractivity contribution in [3.63, 3.8) is 0 Å². The Labute approximate surface area is 207 Å². The number of hydrogen-bond acceptors (Lipinski definition) is 7. The highest BCUT2D eigenvalue weighted by Crippen LogP contribution is 2.30. The smallest absolute Gasteiger partial charge is 0.338 e. The number of ether oxygens (including phenoxy) is 2. The molecule has 0 N–H and O–H groups in total. The number of rotatable bonds is 5. The number of carbonyl (C=O) groups excluding carboxylic acids is 2. The third kappa shape index (κ3) is 4.67. The van der Waals surface area contributed by atoms with Crippen LogP contribution >= 0.6 is 27.3 Å². The van der Waals surface area contributed by atoms with E-state index in [0.717, 1.165) is 10.0 Å². The molecular formula is C25H21BrN2O5S. The molecule has 1 aromatic heterocycles. The largest absolute Gasteiger partial charge is 0.463 e. The molecule has 3 aromatic rings. The third-order valence-corrected chi connectivity index (χ3v) is 6.62. The Bertz CT molecular complexity index is 1490. The zero-order valence-electron chi connectivity index (χ0n) is 18.7. The Morgan fingerprint density at radius 2 is 1.94 bits per heavy atom. The molecule has 0 amide bonds. The van der Waals surface area contributed by atoms with Crippen LogP contribution in [0.4, 0.5) is 0 Å². The van der Waals surface area contributed by atoms with Crippen LogP contribution in [-0.2, 0) is 14.3 Å². The molecule has 0 spiro atoms. The number of carbonyl (C=O) groups is 2. The highest BCUT2D eigenvalue weighted by molar-refractivity contribution is 9.10. The van der Waals surface area contributed by atoms with Gasteiger partial charge in [-0.05, 0) is 43.7 Å². The van der Waals surface area contributed by atoms with E-state index in [0.29, 0.717) is 31.9 Å². The molecule has 0 fully saturated rings. The molecule has 1 aliphatic heterocycles. The summed E-state index contributed by atoms with van der Waals surface area (Å²) in [6.07, 6.45) is 1.66. The number of hydrogen-bond donors (Lipinski definition) is 0. The van der Waals surface area contributed by atoms with E-state index < -0.39 is 18.0 Å². The Morgan fingerprint density at radius 3 is 2.62 bits per heavy atom. The summed E-state index contributed by atoms with van der Waals surface area (Å²) in [4.78, 5) is 43.1. The molecule has 34 heavy (non-hydrogen) atoms. The number of nitrogens with zero attached hydrogens (tertiary/aromatic N) is 2. The van der Waals surface area contributed by atoms with E-state index in [2.05, 4.69) is 20.9 Å². The van der Waals surface area contributed by atoms with Crippen molar-refractivity contribution in [2.24, 2.45) is 4.99 Å². The van der Waals surface area contributed by atoms with Gasteiger partial charge in [-0.2, -0.15) is 0 Å². The van der Waals surface area contributed by atoms with Crippen molar-refractivity contribution in [1.82, 2.24) is 4.57 Å². The molecule has 4 rings (SSSR count). The van der Waals surface area contributed by atoms with Crippen molar-refractivity contribution in [1.29, 1.82) is 0 Å². The topological polar surface area (TPSA) is 87.0 Å². The minimum Gasteiger partial charge on any atom is -0.463 e. The van der Waals surface area contributed by atoms with E-state index in [-0.39, 0.29) is 12.2 Å². The second-order valence-corrected chi connectivity index (χ2v) is 9.41. The Balaban J connectivity index is 1.95. The summed E-state index contributed by atoms with van der Waals surface area (Å²) in [5, 5.41) is 0. The van der Waals surface area contributed by atoms with Crippen LogP contribution in [-0.4, -0.2) is 23.1 Å². The van der Waals surface area contributed by atoms with Crippen molar-refractivity contribution in [2.45, 2.75) is 26.8 Å². The summed E-state index contributed by atoms with van der Waals surface area (Å²) in [5.41, 5.74) is 1.86. The predicted octanol–water partition coefficient (Wildman–Crippen LogP) is 3.49. The van der Waals surface area contributed by atoms with Crippen LogP contribution in [0.25, 0.3) is 6.08 Å². The molecule has 0 aliphatic carbocycles. The van der Waals surface area contributed by atoms with Gasteiger partial charge >= 0.3 is 11.9 Å². The zero-order valence-corrected chi connectivity index (χ0v) is 21.1. The van der Waals surface area contributed by atoms with Crippen molar-refractivity contribution in [3.8, 4) is 5.75 Å². The average Bonchev–Trinajstić information content (AvgIpc) is 3.09. The summed E-state index contributed by atoms with van der Waals surface area (Å²) in [5.74, 6) is -0.627. The average molecular weight is 541 g/mol. The lowest BCUT2D eigenvalue weighted by atomic mass is 9.96. The Morgan fingerprint density at radius 1 is 1.21 bits per heavy atom. The summed E-state index contributed by atoms with van der Waals surface area (Å²) in [6.45, 7) is 5.01. The van der Waals surface area contributed by atoms with Crippen LogP contribution in [0.3, 0.4) is 0 Å². The van der Waals surface area contributed by atoms with Crippen LogP contribution in [0.5, 0.6) is 5.75 Å². The van der Waals surface area contributed by atoms with Gasteiger partial charge in [0.15, 0.2) is 4.80 Å². The molecule has 0 radical (unpaired) electrons. The fourth-order valence-corrected chi connectivity index (χ4v) is 5.18. The number of benzene rings is 2. The zero-order chi connectivity index (χ0) is 24.4. The quantitative estimate of drug-likeness (QED) is 0.365. The summed E-state index contributed by atoms with van der Waals surface area (Å²) in [6, 6.07) is 13.8. The summed E-state index contributed by atoms with van der Waals surface area (Å²) >= 11 is 4.63.